The van der Waals surface area contributed by atoms with Gasteiger partial charge in [0, 0.05) is 25.1 Å². The number of alkyl halides is 3. The summed E-state index contributed by atoms with van der Waals surface area (Å²) in [7, 11) is 0. The first-order chi connectivity index (χ1) is 13.6. The Kier molecular flexibility index (Phi) is 6.15. The molecule has 2 aromatic carbocycles. The van der Waals surface area contributed by atoms with Gasteiger partial charge in [-0.15, -0.1) is 0 Å². The third kappa shape index (κ3) is 5.28. The molecule has 0 aromatic heterocycles. The zero-order chi connectivity index (χ0) is 21.2. The summed E-state index contributed by atoms with van der Waals surface area (Å²) in [5.74, 6) is -0.332. The molecule has 1 unspecified atom stereocenters. The van der Waals surface area contributed by atoms with Crippen LogP contribution in [-0.2, 0) is 11.0 Å². The van der Waals surface area contributed by atoms with Crippen molar-refractivity contribution >= 4 is 11.5 Å². The second-order valence-corrected chi connectivity index (χ2v) is 7.51. The fourth-order valence-electron chi connectivity index (χ4n) is 3.60. The quantitative estimate of drug-likeness (QED) is 0.583. The number of halogens is 4. The molecular weight excluding hydrogens is 386 g/mol. The summed E-state index contributed by atoms with van der Waals surface area (Å²) in [6, 6.07) is 10.6. The molecule has 1 heterocycles. The maximum Gasteiger partial charge on any atom is 0.419 e. The topological polar surface area (TPSA) is 29.5 Å². The summed E-state index contributed by atoms with van der Waals surface area (Å²) in [4.78, 5) is 13.0. The number of Topliss-reactive ketones (excluding diaryl/α,β-unsaturated/α-hetero) is 1. The molecule has 0 spiro atoms. The summed E-state index contributed by atoms with van der Waals surface area (Å²) in [5.41, 5.74) is 0.124. The minimum Gasteiger partial charge on any atom is -0.489 e. The number of ether oxygens (including phenoxy) is 1. The van der Waals surface area contributed by atoms with Gasteiger partial charge in [-0.05, 0) is 48.7 Å². The predicted molar refractivity (Wildman–Crippen MR) is 103 cm³/mol. The first-order valence-electron chi connectivity index (χ1n) is 9.51. The van der Waals surface area contributed by atoms with Crippen molar-refractivity contribution in [2.45, 2.75) is 44.9 Å². The predicted octanol–water partition coefficient (Wildman–Crippen LogP) is 5.58. The van der Waals surface area contributed by atoms with Crippen LogP contribution in [0, 0.1) is 5.82 Å². The third-order valence-corrected chi connectivity index (χ3v) is 5.11. The van der Waals surface area contributed by atoms with E-state index in [-0.39, 0.29) is 17.8 Å². The van der Waals surface area contributed by atoms with Crippen LogP contribution in [0.25, 0.3) is 0 Å². The summed E-state index contributed by atoms with van der Waals surface area (Å²) >= 11 is 0. The lowest BCUT2D eigenvalue weighted by molar-refractivity contribution is -0.140. The lowest BCUT2D eigenvalue weighted by Crippen LogP contribution is -2.25. The molecule has 0 saturated carbocycles. The molecule has 0 bridgehead atoms. The van der Waals surface area contributed by atoms with Gasteiger partial charge in [0.05, 0.1) is 12.1 Å². The number of rotatable bonds is 6. The van der Waals surface area contributed by atoms with Gasteiger partial charge in [-0.25, -0.2) is 4.39 Å². The van der Waals surface area contributed by atoms with Crippen LogP contribution in [0.15, 0.2) is 42.5 Å². The van der Waals surface area contributed by atoms with Gasteiger partial charge in [0.1, 0.15) is 23.5 Å². The maximum absolute atomic E-state index is 13.5. The van der Waals surface area contributed by atoms with E-state index in [1.807, 2.05) is 31.2 Å². The lowest BCUT2D eigenvalue weighted by Gasteiger charge is -2.21. The summed E-state index contributed by atoms with van der Waals surface area (Å²) in [6.07, 6.45) is -3.76. The van der Waals surface area contributed by atoms with Gasteiger partial charge in [-0.2, -0.15) is 13.2 Å². The van der Waals surface area contributed by atoms with E-state index in [1.54, 1.807) is 11.8 Å². The normalized spacial score (nSPS) is 18.0. The first-order valence-corrected chi connectivity index (χ1v) is 9.51. The third-order valence-electron chi connectivity index (χ3n) is 5.11. The molecule has 1 aliphatic rings. The van der Waals surface area contributed by atoms with Crippen LogP contribution in [0.4, 0.5) is 23.2 Å². The average Bonchev–Trinajstić information content (AvgIpc) is 3.09. The number of benzene rings is 2. The summed E-state index contributed by atoms with van der Waals surface area (Å²) < 4.78 is 58.3. The molecule has 0 radical (unpaired) electrons. The van der Waals surface area contributed by atoms with Crippen molar-refractivity contribution < 1.29 is 27.1 Å². The second kappa shape index (κ2) is 8.43. The Morgan fingerprint density at radius 1 is 1.21 bits per heavy atom. The van der Waals surface area contributed by atoms with E-state index in [1.165, 1.54) is 6.07 Å². The van der Waals surface area contributed by atoms with E-state index >= 15 is 0 Å². The van der Waals surface area contributed by atoms with Crippen molar-refractivity contribution in [2.24, 2.45) is 0 Å². The SMILES string of the molecule is CC(=O)C[C@@H](C)c1ccc(OC2CCN(c3ccc(F)c(C(F)(F)F)c3)C2)cc1. The van der Waals surface area contributed by atoms with Gasteiger partial charge in [0.25, 0.3) is 0 Å². The second-order valence-electron chi connectivity index (χ2n) is 7.51. The first kappa shape index (κ1) is 21.1. The molecule has 3 nitrogen and oxygen atoms in total. The number of hydrogen-bond acceptors (Lipinski definition) is 3. The molecule has 1 aliphatic heterocycles. The van der Waals surface area contributed by atoms with Crippen LogP contribution < -0.4 is 9.64 Å². The standard InChI is InChI=1S/C22H23F4NO2/c1-14(11-15(2)28)16-3-6-18(7-4-16)29-19-9-10-27(13-19)17-5-8-21(23)20(12-17)22(24,25)26/h3-8,12,14,19H,9-11,13H2,1-2H3/t14-,19?/m1/s1. The van der Waals surface area contributed by atoms with E-state index < -0.39 is 17.6 Å². The van der Waals surface area contributed by atoms with E-state index in [4.69, 9.17) is 4.74 Å². The Morgan fingerprint density at radius 3 is 2.52 bits per heavy atom. The van der Waals surface area contributed by atoms with Crippen molar-refractivity contribution in [3.05, 3.63) is 59.4 Å². The molecule has 29 heavy (non-hydrogen) atoms. The average molecular weight is 409 g/mol. The fraction of sp³-hybridized carbons (Fsp3) is 0.409. The maximum atomic E-state index is 13.5. The van der Waals surface area contributed by atoms with E-state index in [0.29, 0.717) is 37.4 Å². The van der Waals surface area contributed by atoms with Crippen LogP contribution in [0.1, 0.15) is 43.7 Å². The minimum absolute atomic E-state index is 0.129. The highest BCUT2D eigenvalue weighted by Crippen LogP contribution is 2.35. The van der Waals surface area contributed by atoms with Gasteiger partial charge >= 0.3 is 6.18 Å². The molecule has 1 fully saturated rings. The van der Waals surface area contributed by atoms with Crippen molar-refractivity contribution in [2.75, 3.05) is 18.0 Å². The largest absolute Gasteiger partial charge is 0.489 e. The molecule has 0 aliphatic carbocycles. The zero-order valence-electron chi connectivity index (χ0n) is 16.3. The number of anilines is 1. The monoisotopic (exact) mass is 409 g/mol. The highest BCUT2D eigenvalue weighted by molar-refractivity contribution is 5.76. The van der Waals surface area contributed by atoms with Crippen molar-refractivity contribution in [3.8, 4) is 5.75 Å². The van der Waals surface area contributed by atoms with Crippen LogP contribution in [0.2, 0.25) is 0 Å². The Morgan fingerprint density at radius 2 is 1.90 bits per heavy atom. The molecular formula is C22H23F4NO2. The summed E-state index contributed by atoms with van der Waals surface area (Å²) in [5, 5.41) is 0. The van der Waals surface area contributed by atoms with Crippen LogP contribution in [0.5, 0.6) is 5.75 Å². The Labute approximate surface area is 167 Å². The van der Waals surface area contributed by atoms with Crippen molar-refractivity contribution in [3.63, 3.8) is 0 Å². The van der Waals surface area contributed by atoms with Gasteiger partial charge in [0.15, 0.2) is 0 Å². The molecule has 3 rings (SSSR count). The molecule has 0 amide bonds. The molecule has 156 valence electrons. The van der Waals surface area contributed by atoms with Gasteiger partial charge in [-0.3, -0.25) is 0 Å². The Bertz CT molecular complexity index is 864. The van der Waals surface area contributed by atoms with Crippen molar-refractivity contribution in [1.82, 2.24) is 0 Å². The van der Waals surface area contributed by atoms with Gasteiger partial charge in [-0.1, -0.05) is 19.1 Å². The zero-order valence-corrected chi connectivity index (χ0v) is 16.3. The van der Waals surface area contributed by atoms with Gasteiger partial charge < -0.3 is 14.4 Å². The number of carbonyl (C=O) groups excluding carboxylic acids is 1. The number of ketones is 1. The Hall–Kier alpha value is -2.57. The smallest absolute Gasteiger partial charge is 0.419 e. The Balaban J connectivity index is 1.62. The molecule has 0 N–H and O–H groups in total. The number of nitrogens with zero attached hydrogens (tertiary/aromatic N) is 1. The van der Waals surface area contributed by atoms with Gasteiger partial charge in [0.2, 0.25) is 0 Å². The van der Waals surface area contributed by atoms with Crippen LogP contribution in [0.3, 0.4) is 0 Å². The van der Waals surface area contributed by atoms with E-state index in [2.05, 4.69) is 0 Å². The van der Waals surface area contributed by atoms with E-state index in [0.717, 1.165) is 17.7 Å². The summed E-state index contributed by atoms with van der Waals surface area (Å²) in [6.45, 7) is 4.51. The van der Waals surface area contributed by atoms with Crippen molar-refractivity contribution in [1.29, 1.82) is 0 Å². The number of hydrogen-bond donors (Lipinski definition) is 0. The molecule has 1 saturated heterocycles. The molecule has 2 aromatic rings. The number of carbonyl (C=O) groups is 1. The van der Waals surface area contributed by atoms with Crippen LogP contribution >= 0.6 is 0 Å². The highest BCUT2D eigenvalue weighted by atomic mass is 19.4. The van der Waals surface area contributed by atoms with Crippen LogP contribution in [-0.4, -0.2) is 25.0 Å². The highest BCUT2D eigenvalue weighted by Gasteiger charge is 2.35. The van der Waals surface area contributed by atoms with E-state index in [9.17, 15) is 22.4 Å². The minimum atomic E-state index is -4.73. The lowest BCUT2D eigenvalue weighted by atomic mass is 9.96. The molecule has 7 heteroatoms. The fourth-order valence-corrected chi connectivity index (χ4v) is 3.60. The molecule has 2 atom stereocenters.